The van der Waals surface area contributed by atoms with Gasteiger partial charge in [-0.2, -0.15) is 0 Å². The minimum absolute atomic E-state index is 0.171. The van der Waals surface area contributed by atoms with Gasteiger partial charge in [-0.25, -0.2) is 4.98 Å². The molecular formula is C15H19IN4O. The van der Waals surface area contributed by atoms with Gasteiger partial charge in [0.15, 0.2) is 0 Å². The molecule has 0 bridgehead atoms. The van der Waals surface area contributed by atoms with Gasteiger partial charge in [0.1, 0.15) is 5.69 Å². The normalized spacial score (nSPS) is 11.0. The maximum Gasteiger partial charge on any atom is 0.271 e. The van der Waals surface area contributed by atoms with Crippen molar-refractivity contribution >= 4 is 39.5 Å². The van der Waals surface area contributed by atoms with E-state index in [9.17, 15) is 4.79 Å². The Balaban J connectivity index is 2.01. The van der Waals surface area contributed by atoms with Gasteiger partial charge in [-0.05, 0) is 53.9 Å². The van der Waals surface area contributed by atoms with Crippen molar-refractivity contribution in [3.05, 3.63) is 33.7 Å². The first-order valence-corrected chi connectivity index (χ1v) is 8.14. The van der Waals surface area contributed by atoms with E-state index >= 15 is 0 Å². The molecule has 0 aliphatic carbocycles. The first-order chi connectivity index (χ1) is 10.1. The average Bonchev–Trinajstić information content (AvgIpc) is 2.50. The van der Waals surface area contributed by atoms with Crippen LogP contribution >= 0.6 is 22.6 Å². The predicted molar refractivity (Wildman–Crippen MR) is 92.4 cm³/mol. The molecule has 0 radical (unpaired) electrons. The van der Waals surface area contributed by atoms with E-state index in [4.69, 9.17) is 0 Å². The van der Waals surface area contributed by atoms with Crippen molar-refractivity contribution in [1.82, 2.24) is 20.2 Å². The average molecular weight is 394 g/mol. The van der Waals surface area contributed by atoms with E-state index in [1.165, 1.54) is 6.20 Å². The van der Waals surface area contributed by atoms with Crippen LogP contribution < -0.4 is 5.32 Å². The van der Waals surface area contributed by atoms with Crippen molar-refractivity contribution in [2.24, 2.45) is 0 Å². The highest BCUT2D eigenvalue weighted by Crippen LogP contribution is 2.13. The monoisotopic (exact) mass is 394 g/mol. The number of nitrogens with one attached hydrogen (secondary N) is 1. The smallest absolute Gasteiger partial charge is 0.271 e. The molecular weight excluding hydrogens is 375 g/mol. The van der Waals surface area contributed by atoms with Crippen LogP contribution in [0.25, 0.3) is 11.0 Å². The molecule has 1 aromatic heterocycles. The molecule has 21 heavy (non-hydrogen) atoms. The largest absolute Gasteiger partial charge is 0.349 e. The lowest BCUT2D eigenvalue weighted by Crippen LogP contribution is -2.35. The Morgan fingerprint density at radius 3 is 2.76 bits per heavy atom. The van der Waals surface area contributed by atoms with Crippen LogP contribution in [0.15, 0.2) is 24.4 Å². The Bertz CT molecular complexity index is 628. The number of fused-ring (bicyclic) bond motifs is 1. The highest BCUT2D eigenvalue weighted by Gasteiger charge is 2.09. The molecule has 1 amide bonds. The molecule has 5 nitrogen and oxygen atoms in total. The molecule has 2 aromatic rings. The summed E-state index contributed by atoms with van der Waals surface area (Å²) in [4.78, 5) is 23.0. The second-order valence-corrected chi connectivity index (χ2v) is 5.92. The molecule has 0 saturated carbocycles. The minimum atomic E-state index is -0.171. The first-order valence-electron chi connectivity index (χ1n) is 7.07. The summed E-state index contributed by atoms with van der Waals surface area (Å²) >= 11 is 2.23. The van der Waals surface area contributed by atoms with Crippen molar-refractivity contribution < 1.29 is 4.79 Å². The zero-order chi connectivity index (χ0) is 15.2. The van der Waals surface area contributed by atoms with Crippen molar-refractivity contribution in [2.45, 2.75) is 13.8 Å². The fourth-order valence-electron chi connectivity index (χ4n) is 2.05. The van der Waals surface area contributed by atoms with Gasteiger partial charge in [-0.3, -0.25) is 9.78 Å². The molecule has 1 heterocycles. The number of nitrogens with zero attached hydrogens (tertiary/aromatic N) is 3. The molecule has 0 atom stereocenters. The number of carbonyl (C=O) groups is 1. The second-order valence-electron chi connectivity index (χ2n) is 4.67. The number of hydrogen-bond acceptors (Lipinski definition) is 4. The lowest BCUT2D eigenvalue weighted by Gasteiger charge is -2.17. The van der Waals surface area contributed by atoms with Gasteiger partial charge in [0, 0.05) is 16.7 Å². The predicted octanol–water partition coefficient (Wildman–Crippen LogP) is 2.31. The van der Waals surface area contributed by atoms with E-state index < -0.39 is 0 Å². The quantitative estimate of drug-likeness (QED) is 0.765. The fourth-order valence-corrected chi connectivity index (χ4v) is 2.53. The maximum atomic E-state index is 12.1. The molecule has 1 aromatic carbocycles. The Morgan fingerprint density at radius 1 is 1.29 bits per heavy atom. The van der Waals surface area contributed by atoms with Crippen molar-refractivity contribution in [1.29, 1.82) is 0 Å². The Kier molecular flexibility index (Phi) is 5.86. The number of carbonyl (C=O) groups excluding carboxylic acids is 1. The van der Waals surface area contributed by atoms with Gasteiger partial charge in [-0.1, -0.05) is 13.8 Å². The molecule has 0 fully saturated rings. The molecule has 0 spiro atoms. The van der Waals surface area contributed by atoms with E-state index in [0.717, 1.165) is 34.2 Å². The van der Waals surface area contributed by atoms with Gasteiger partial charge in [0.2, 0.25) is 0 Å². The molecule has 0 aliphatic rings. The summed E-state index contributed by atoms with van der Waals surface area (Å²) in [5.41, 5.74) is 1.91. The van der Waals surface area contributed by atoms with Crippen LogP contribution in [0.5, 0.6) is 0 Å². The Hall–Kier alpha value is -1.28. The summed E-state index contributed by atoms with van der Waals surface area (Å²) in [6.45, 7) is 7.66. The van der Waals surface area contributed by atoms with Crippen LogP contribution in [0.1, 0.15) is 24.3 Å². The third kappa shape index (κ3) is 4.34. The summed E-state index contributed by atoms with van der Waals surface area (Å²) < 4.78 is 1.10. The third-order valence-electron chi connectivity index (χ3n) is 3.34. The maximum absolute atomic E-state index is 12.1. The highest BCUT2D eigenvalue weighted by molar-refractivity contribution is 14.1. The van der Waals surface area contributed by atoms with Crippen LogP contribution in [0.4, 0.5) is 0 Å². The van der Waals surface area contributed by atoms with Crippen molar-refractivity contribution in [3.8, 4) is 0 Å². The summed E-state index contributed by atoms with van der Waals surface area (Å²) in [6, 6.07) is 5.79. The number of rotatable bonds is 6. The van der Waals surface area contributed by atoms with Gasteiger partial charge in [0.25, 0.3) is 5.91 Å². The van der Waals surface area contributed by atoms with E-state index in [0.29, 0.717) is 12.2 Å². The minimum Gasteiger partial charge on any atom is -0.349 e. The molecule has 0 saturated heterocycles. The molecule has 0 unspecified atom stereocenters. The Labute approximate surface area is 138 Å². The summed E-state index contributed by atoms with van der Waals surface area (Å²) in [7, 11) is 0. The van der Waals surface area contributed by atoms with Gasteiger partial charge < -0.3 is 10.2 Å². The van der Waals surface area contributed by atoms with E-state index in [-0.39, 0.29) is 5.91 Å². The van der Waals surface area contributed by atoms with Gasteiger partial charge in [-0.15, -0.1) is 0 Å². The molecule has 2 rings (SSSR count). The SMILES string of the molecule is CCN(CC)CCNC(=O)c1cnc2cc([123I])ccc2n1. The summed E-state index contributed by atoms with van der Waals surface area (Å²) in [5, 5.41) is 2.89. The van der Waals surface area contributed by atoms with Crippen LogP contribution in [-0.2, 0) is 0 Å². The number of aromatic nitrogens is 2. The fraction of sp³-hybridized carbons (Fsp3) is 0.400. The van der Waals surface area contributed by atoms with E-state index in [2.05, 4.69) is 56.6 Å². The molecule has 0 aliphatic heterocycles. The molecule has 6 heteroatoms. The standard InChI is InChI=1S/C15H19IN4O/c1-3-20(4-2)8-7-17-15(21)14-10-18-13-9-11(16)5-6-12(13)19-14/h5-6,9-10H,3-4,7-8H2,1-2H3,(H,17,21)/i16-4. The number of hydrogen-bond donors (Lipinski definition) is 1. The highest BCUT2D eigenvalue weighted by atomic mass is 123. The van der Waals surface area contributed by atoms with Crippen LogP contribution in [0.2, 0.25) is 0 Å². The second kappa shape index (κ2) is 7.65. The van der Waals surface area contributed by atoms with Crippen LogP contribution in [-0.4, -0.2) is 47.0 Å². The number of likely N-dealkylation sites (N-methyl/N-ethyl adjacent to an activating group) is 1. The summed E-state index contributed by atoms with van der Waals surface area (Å²) in [5.74, 6) is -0.171. The van der Waals surface area contributed by atoms with Crippen molar-refractivity contribution in [3.63, 3.8) is 0 Å². The lowest BCUT2D eigenvalue weighted by atomic mass is 10.3. The van der Waals surface area contributed by atoms with Crippen LogP contribution in [0.3, 0.4) is 0 Å². The molecule has 112 valence electrons. The lowest BCUT2D eigenvalue weighted by molar-refractivity contribution is 0.0944. The Morgan fingerprint density at radius 2 is 2.05 bits per heavy atom. The van der Waals surface area contributed by atoms with Gasteiger partial charge in [0.05, 0.1) is 17.2 Å². The number of amides is 1. The zero-order valence-corrected chi connectivity index (χ0v) is 14.4. The number of benzene rings is 1. The zero-order valence-electron chi connectivity index (χ0n) is 12.3. The van der Waals surface area contributed by atoms with Gasteiger partial charge >= 0.3 is 0 Å². The molecule has 1 N–H and O–H groups in total. The van der Waals surface area contributed by atoms with Crippen molar-refractivity contribution in [2.75, 3.05) is 26.2 Å². The number of halogens is 1. The van der Waals surface area contributed by atoms with Crippen LogP contribution in [0, 0.1) is 3.57 Å². The van der Waals surface area contributed by atoms with E-state index in [1.807, 2.05) is 18.2 Å². The van der Waals surface area contributed by atoms with E-state index in [1.54, 1.807) is 0 Å². The first kappa shape index (κ1) is 16.1. The third-order valence-corrected chi connectivity index (χ3v) is 4.02. The topological polar surface area (TPSA) is 58.1 Å². The summed E-state index contributed by atoms with van der Waals surface area (Å²) in [6.07, 6.45) is 1.53.